The van der Waals surface area contributed by atoms with Gasteiger partial charge in [-0.2, -0.15) is 0 Å². The number of carbonyl (C=O) groups excluding carboxylic acids is 2. The Balaban J connectivity index is 1.51. The first kappa shape index (κ1) is 17.3. The van der Waals surface area contributed by atoms with E-state index in [1.165, 1.54) is 0 Å². The Kier molecular flexibility index (Phi) is 5.34. The Labute approximate surface area is 151 Å². The maximum absolute atomic E-state index is 12.1. The van der Waals surface area contributed by atoms with Crippen LogP contribution in [-0.4, -0.2) is 18.0 Å². The Morgan fingerprint density at radius 2 is 1.54 bits per heavy atom. The van der Waals surface area contributed by atoms with Gasteiger partial charge in [0.2, 0.25) is 0 Å². The van der Waals surface area contributed by atoms with Crippen molar-refractivity contribution in [3.63, 3.8) is 0 Å². The monoisotopic (exact) mass is 349 g/mol. The van der Waals surface area contributed by atoms with Crippen LogP contribution in [0.1, 0.15) is 6.92 Å². The van der Waals surface area contributed by atoms with Crippen molar-refractivity contribution in [2.75, 3.05) is 5.32 Å². The molecule has 0 saturated carbocycles. The number of fused-ring (bicyclic) bond motifs is 1. The molecule has 0 aliphatic carbocycles. The van der Waals surface area contributed by atoms with Crippen molar-refractivity contribution >= 4 is 28.4 Å². The van der Waals surface area contributed by atoms with Gasteiger partial charge in [-0.3, -0.25) is 10.2 Å². The molecule has 6 nitrogen and oxygen atoms in total. The minimum absolute atomic E-state index is 0.457. The van der Waals surface area contributed by atoms with Crippen molar-refractivity contribution in [2.24, 2.45) is 0 Å². The lowest BCUT2D eigenvalue weighted by Gasteiger charge is -2.15. The van der Waals surface area contributed by atoms with Crippen LogP contribution in [0.5, 0.6) is 5.75 Å². The molecule has 0 unspecified atom stereocenters. The van der Waals surface area contributed by atoms with Gasteiger partial charge in [-0.15, -0.1) is 0 Å². The third kappa shape index (κ3) is 4.51. The Morgan fingerprint density at radius 3 is 2.31 bits per heavy atom. The van der Waals surface area contributed by atoms with Crippen LogP contribution in [0, 0.1) is 0 Å². The second-order valence-corrected chi connectivity index (χ2v) is 5.70. The first-order chi connectivity index (χ1) is 12.6. The van der Waals surface area contributed by atoms with Crippen molar-refractivity contribution in [1.29, 1.82) is 0 Å². The molecule has 0 aliphatic heterocycles. The van der Waals surface area contributed by atoms with Crippen molar-refractivity contribution < 1.29 is 14.3 Å². The predicted molar refractivity (Wildman–Crippen MR) is 101 cm³/mol. The van der Waals surface area contributed by atoms with Crippen LogP contribution in [0.25, 0.3) is 10.8 Å². The smallest absolute Gasteiger partial charge is 0.337 e. The molecule has 1 atom stereocenters. The molecule has 3 N–H and O–H groups in total. The normalized spacial score (nSPS) is 11.4. The number of hydrazine groups is 1. The van der Waals surface area contributed by atoms with Crippen LogP contribution in [0.15, 0.2) is 72.8 Å². The van der Waals surface area contributed by atoms with E-state index >= 15 is 0 Å². The molecule has 3 rings (SSSR count). The molecule has 0 aliphatic rings. The Hall–Kier alpha value is -3.54. The molecule has 0 heterocycles. The van der Waals surface area contributed by atoms with E-state index in [1.54, 1.807) is 31.2 Å². The first-order valence-electron chi connectivity index (χ1n) is 8.19. The summed E-state index contributed by atoms with van der Waals surface area (Å²) in [5.74, 6) is 0.126. The summed E-state index contributed by atoms with van der Waals surface area (Å²) in [5, 5.41) is 4.72. The molecule has 3 aromatic rings. The fourth-order valence-corrected chi connectivity index (χ4v) is 2.40. The summed E-state index contributed by atoms with van der Waals surface area (Å²) in [7, 11) is 0. The number of carbonyl (C=O) groups is 2. The highest BCUT2D eigenvalue weighted by molar-refractivity contribution is 5.91. The lowest BCUT2D eigenvalue weighted by atomic mass is 10.1. The molecule has 3 amide bonds. The number of urea groups is 1. The standard InChI is InChI=1S/C20H19N3O3/c1-14(26-18-12-11-15-7-5-6-8-16(15)13-18)19(24)22-23-20(25)21-17-9-3-2-4-10-17/h2-14H,1H3,(H,22,24)(H2,21,23,25)/t14-/m1/s1. The number of hydrogen-bond donors (Lipinski definition) is 3. The average Bonchev–Trinajstić information content (AvgIpc) is 2.66. The molecular formula is C20H19N3O3. The van der Waals surface area contributed by atoms with E-state index in [0.29, 0.717) is 11.4 Å². The van der Waals surface area contributed by atoms with Gasteiger partial charge in [0.1, 0.15) is 5.75 Å². The molecule has 0 radical (unpaired) electrons. The van der Waals surface area contributed by atoms with Crippen molar-refractivity contribution in [3.05, 3.63) is 72.8 Å². The summed E-state index contributed by atoms with van der Waals surface area (Å²) >= 11 is 0. The van der Waals surface area contributed by atoms with Crippen molar-refractivity contribution in [3.8, 4) is 5.75 Å². The van der Waals surface area contributed by atoms with Gasteiger partial charge >= 0.3 is 6.03 Å². The topological polar surface area (TPSA) is 79.5 Å². The van der Waals surface area contributed by atoms with E-state index in [4.69, 9.17) is 4.74 Å². The van der Waals surface area contributed by atoms with Crippen LogP contribution < -0.4 is 20.9 Å². The molecule has 3 aromatic carbocycles. The summed E-state index contributed by atoms with van der Waals surface area (Å²) < 4.78 is 5.65. The Bertz CT molecular complexity index is 912. The van der Waals surface area contributed by atoms with Gasteiger partial charge in [0.25, 0.3) is 5.91 Å². The van der Waals surface area contributed by atoms with Gasteiger partial charge < -0.3 is 10.1 Å². The van der Waals surface area contributed by atoms with Crippen LogP contribution in [0.3, 0.4) is 0 Å². The Morgan fingerprint density at radius 1 is 0.846 bits per heavy atom. The fraction of sp³-hybridized carbons (Fsp3) is 0.100. The molecule has 0 aromatic heterocycles. The number of rotatable bonds is 4. The number of benzene rings is 3. The maximum atomic E-state index is 12.1. The number of anilines is 1. The summed E-state index contributed by atoms with van der Waals surface area (Å²) in [6.45, 7) is 1.61. The second kappa shape index (κ2) is 8.02. The predicted octanol–water partition coefficient (Wildman–Crippen LogP) is 3.46. The van der Waals surface area contributed by atoms with E-state index in [9.17, 15) is 9.59 Å². The quantitative estimate of drug-likeness (QED) is 0.631. The van der Waals surface area contributed by atoms with E-state index in [2.05, 4.69) is 16.2 Å². The second-order valence-electron chi connectivity index (χ2n) is 5.70. The molecule has 0 bridgehead atoms. The minimum atomic E-state index is -0.770. The van der Waals surface area contributed by atoms with Gasteiger partial charge in [-0.25, -0.2) is 10.2 Å². The van der Waals surface area contributed by atoms with Crippen LogP contribution in [0.4, 0.5) is 10.5 Å². The van der Waals surface area contributed by atoms with Gasteiger partial charge in [0, 0.05) is 5.69 Å². The largest absolute Gasteiger partial charge is 0.481 e. The molecule has 132 valence electrons. The molecule has 0 saturated heterocycles. The van der Waals surface area contributed by atoms with Crippen LogP contribution in [0.2, 0.25) is 0 Å². The number of amides is 3. The summed E-state index contributed by atoms with van der Waals surface area (Å²) in [4.78, 5) is 23.9. The number of hydrogen-bond acceptors (Lipinski definition) is 3. The highest BCUT2D eigenvalue weighted by Crippen LogP contribution is 2.21. The third-order valence-electron chi connectivity index (χ3n) is 3.73. The highest BCUT2D eigenvalue weighted by atomic mass is 16.5. The van der Waals surface area contributed by atoms with Gasteiger partial charge in [-0.05, 0) is 42.0 Å². The van der Waals surface area contributed by atoms with E-state index in [0.717, 1.165) is 10.8 Å². The number of ether oxygens (including phenoxy) is 1. The maximum Gasteiger partial charge on any atom is 0.337 e. The number of nitrogens with one attached hydrogen (secondary N) is 3. The van der Waals surface area contributed by atoms with Crippen molar-refractivity contribution in [1.82, 2.24) is 10.9 Å². The molecule has 26 heavy (non-hydrogen) atoms. The number of para-hydroxylation sites is 1. The molecule has 0 fully saturated rings. The van der Waals surface area contributed by atoms with Crippen LogP contribution in [-0.2, 0) is 4.79 Å². The lowest BCUT2D eigenvalue weighted by molar-refractivity contribution is -0.127. The zero-order valence-corrected chi connectivity index (χ0v) is 14.2. The zero-order valence-electron chi connectivity index (χ0n) is 14.2. The van der Waals surface area contributed by atoms with Gasteiger partial charge in [0.05, 0.1) is 0 Å². The molecule has 6 heteroatoms. The minimum Gasteiger partial charge on any atom is -0.481 e. The fourth-order valence-electron chi connectivity index (χ4n) is 2.40. The van der Waals surface area contributed by atoms with E-state index < -0.39 is 18.0 Å². The summed E-state index contributed by atoms with van der Waals surface area (Å²) in [5.41, 5.74) is 5.26. The summed E-state index contributed by atoms with van der Waals surface area (Å²) in [6.07, 6.45) is -0.770. The van der Waals surface area contributed by atoms with Crippen LogP contribution >= 0.6 is 0 Å². The van der Waals surface area contributed by atoms with Gasteiger partial charge in [-0.1, -0.05) is 48.5 Å². The van der Waals surface area contributed by atoms with Crippen molar-refractivity contribution in [2.45, 2.75) is 13.0 Å². The molecular weight excluding hydrogens is 330 g/mol. The van der Waals surface area contributed by atoms with E-state index in [-0.39, 0.29) is 0 Å². The zero-order chi connectivity index (χ0) is 18.4. The average molecular weight is 349 g/mol. The molecule has 0 spiro atoms. The third-order valence-corrected chi connectivity index (χ3v) is 3.73. The summed E-state index contributed by atoms with van der Waals surface area (Å²) in [6, 6.07) is 21.9. The lowest BCUT2D eigenvalue weighted by Crippen LogP contribution is -2.48. The van der Waals surface area contributed by atoms with E-state index in [1.807, 2.05) is 48.5 Å². The highest BCUT2D eigenvalue weighted by Gasteiger charge is 2.15. The SMILES string of the molecule is C[C@@H](Oc1ccc2ccccc2c1)C(=O)NNC(=O)Nc1ccccc1. The van der Waals surface area contributed by atoms with Gasteiger partial charge in [0.15, 0.2) is 6.10 Å². The first-order valence-corrected chi connectivity index (χ1v) is 8.19.